The first-order valence-corrected chi connectivity index (χ1v) is 9.85. The third kappa shape index (κ3) is 4.92. The minimum absolute atomic E-state index is 0.111. The van der Waals surface area contributed by atoms with Gasteiger partial charge in [-0.15, -0.1) is 0 Å². The van der Waals surface area contributed by atoms with E-state index in [0.29, 0.717) is 29.2 Å². The van der Waals surface area contributed by atoms with Crippen molar-refractivity contribution < 1.29 is 23.9 Å². The smallest absolute Gasteiger partial charge is 0.338 e. The zero-order valence-electron chi connectivity index (χ0n) is 17.0. The third-order valence-corrected chi connectivity index (χ3v) is 4.79. The number of nitrogens with zero attached hydrogens (tertiary/aromatic N) is 1. The van der Waals surface area contributed by atoms with E-state index in [0.717, 1.165) is 6.42 Å². The van der Waals surface area contributed by atoms with Crippen molar-refractivity contribution >= 4 is 23.7 Å². The van der Waals surface area contributed by atoms with Crippen molar-refractivity contribution in [2.75, 3.05) is 13.2 Å². The molecule has 0 saturated carbocycles. The van der Waals surface area contributed by atoms with Gasteiger partial charge in [-0.05, 0) is 42.2 Å². The molecule has 3 rings (SSSR count). The summed E-state index contributed by atoms with van der Waals surface area (Å²) in [5.74, 6) is -1.13. The number of carbonyl (C=O) groups excluding carboxylic acids is 4. The summed E-state index contributed by atoms with van der Waals surface area (Å²) in [7, 11) is 0. The van der Waals surface area contributed by atoms with Gasteiger partial charge in [0.15, 0.2) is 6.61 Å². The Morgan fingerprint density at radius 1 is 0.967 bits per heavy atom. The number of benzene rings is 2. The quantitative estimate of drug-likeness (QED) is 0.536. The van der Waals surface area contributed by atoms with Crippen LogP contribution in [-0.2, 0) is 16.1 Å². The van der Waals surface area contributed by atoms with Gasteiger partial charge >= 0.3 is 5.97 Å². The van der Waals surface area contributed by atoms with Crippen molar-refractivity contribution in [3.05, 3.63) is 70.8 Å². The minimum Gasteiger partial charge on any atom is -0.452 e. The van der Waals surface area contributed by atoms with Crippen LogP contribution in [0.5, 0.6) is 0 Å². The third-order valence-electron chi connectivity index (χ3n) is 4.79. The number of hydrogen-bond acceptors (Lipinski definition) is 5. The van der Waals surface area contributed by atoms with Gasteiger partial charge in [0.25, 0.3) is 17.7 Å². The zero-order chi connectivity index (χ0) is 21.7. The number of carbonyl (C=O) groups is 4. The minimum atomic E-state index is -0.610. The molecular weight excluding hydrogens is 384 g/mol. The van der Waals surface area contributed by atoms with Gasteiger partial charge in [-0.25, -0.2) is 4.79 Å². The molecule has 1 heterocycles. The topological polar surface area (TPSA) is 92.8 Å². The summed E-state index contributed by atoms with van der Waals surface area (Å²) in [5.41, 5.74) is 1.78. The molecule has 0 saturated heterocycles. The number of ether oxygens (including phenoxy) is 1. The monoisotopic (exact) mass is 408 g/mol. The highest BCUT2D eigenvalue weighted by Gasteiger charge is 2.34. The van der Waals surface area contributed by atoms with Gasteiger partial charge in [-0.1, -0.05) is 38.1 Å². The molecule has 1 N–H and O–H groups in total. The summed E-state index contributed by atoms with van der Waals surface area (Å²) in [5, 5.41) is 2.70. The Hall–Kier alpha value is -3.48. The van der Waals surface area contributed by atoms with E-state index in [-0.39, 0.29) is 36.4 Å². The highest BCUT2D eigenvalue weighted by molar-refractivity contribution is 6.21. The van der Waals surface area contributed by atoms with E-state index in [1.54, 1.807) is 48.5 Å². The lowest BCUT2D eigenvalue weighted by atomic mass is 10.1. The molecular formula is C23H24N2O5. The Kier molecular flexibility index (Phi) is 6.61. The van der Waals surface area contributed by atoms with Crippen molar-refractivity contribution in [3.63, 3.8) is 0 Å². The van der Waals surface area contributed by atoms with E-state index in [1.165, 1.54) is 4.90 Å². The first-order chi connectivity index (χ1) is 14.4. The maximum Gasteiger partial charge on any atom is 0.338 e. The van der Waals surface area contributed by atoms with Crippen molar-refractivity contribution in [3.8, 4) is 0 Å². The normalized spacial score (nSPS) is 12.8. The zero-order valence-corrected chi connectivity index (χ0v) is 17.0. The number of fused-ring (bicyclic) bond motifs is 1. The van der Waals surface area contributed by atoms with Gasteiger partial charge in [0, 0.05) is 6.54 Å². The summed E-state index contributed by atoms with van der Waals surface area (Å²) in [6, 6.07) is 13.1. The summed E-state index contributed by atoms with van der Waals surface area (Å²) in [6.07, 6.45) is 0.855. The second-order valence-electron chi connectivity index (χ2n) is 7.55. The molecule has 7 nitrogen and oxygen atoms in total. The number of esters is 1. The van der Waals surface area contributed by atoms with E-state index in [2.05, 4.69) is 19.2 Å². The Morgan fingerprint density at radius 2 is 1.57 bits per heavy atom. The molecule has 0 fully saturated rings. The van der Waals surface area contributed by atoms with E-state index < -0.39 is 5.97 Å². The molecule has 0 aromatic heterocycles. The highest BCUT2D eigenvalue weighted by Crippen LogP contribution is 2.24. The molecule has 2 aromatic carbocycles. The van der Waals surface area contributed by atoms with Crippen molar-refractivity contribution in [2.24, 2.45) is 5.92 Å². The van der Waals surface area contributed by atoms with E-state index >= 15 is 0 Å². The van der Waals surface area contributed by atoms with Crippen molar-refractivity contribution in [2.45, 2.75) is 26.8 Å². The number of nitrogens with one attached hydrogen (secondary N) is 1. The fraction of sp³-hybridized carbons (Fsp3) is 0.304. The first-order valence-electron chi connectivity index (χ1n) is 9.85. The maximum absolute atomic E-state index is 12.4. The molecule has 0 atom stereocenters. The van der Waals surface area contributed by atoms with Crippen LogP contribution in [0.15, 0.2) is 48.5 Å². The van der Waals surface area contributed by atoms with Crippen LogP contribution in [0, 0.1) is 5.92 Å². The van der Waals surface area contributed by atoms with Crippen LogP contribution in [0.25, 0.3) is 0 Å². The van der Waals surface area contributed by atoms with Gasteiger partial charge in [0.2, 0.25) is 0 Å². The van der Waals surface area contributed by atoms with Crippen LogP contribution in [0.1, 0.15) is 56.9 Å². The Morgan fingerprint density at radius 3 is 2.13 bits per heavy atom. The highest BCUT2D eigenvalue weighted by atomic mass is 16.5. The molecule has 30 heavy (non-hydrogen) atoms. The summed E-state index contributed by atoms with van der Waals surface area (Å²) in [4.78, 5) is 49.9. The second kappa shape index (κ2) is 9.35. The Balaban J connectivity index is 1.53. The second-order valence-corrected chi connectivity index (χ2v) is 7.55. The number of amides is 3. The van der Waals surface area contributed by atoms with Crippen LogP contribution in [0.2, 0.25) is 0 Å². The van der Waals surface area contributed by atoms with Gasteiger partial charge < -0.3 is 10.1 Å². The average molecular weight is 408 g/mol. The van der Waals surface area contributed by atoms with Crippen LogP contribution in [0.4, 0.5) is 0 Å². The molecule has 3 amide bonds. The fourth-order valence-corrected chi connectivity index (χ4v) is 3.08. The van der Waals surface area contributed by atoms with E-state index in [9.17, 15) is 19.2 Å². The standard InChI is InChI=1S/C23H24N2O5/c1-15(2)11-12-24-20(26)14-30-23(29)17-9-7-16(8-10-17)13-25-21(27)18-5-3-4-6-19(18)22(25)28/h3-10,15H,11-14H2,1-2H3,(H,24,26). The van der Waals surface area contributed by atoms with Crippen LogP contribution >= 0.6 is 0 Å². The van der Waals surface area contributed by atoms with Crippen molar-refractivity contribution in [1.29, 1.82) is 0 Å². The largest absolute Gasteiger partial charge is 0.452 e. The lowest BCUT2D eigenvalue weighted by Gasteiger charge is -2.14. The van der Waals surface area contributed by atoms with Gasteiger partial charge in [0.05, 0.1) is 23.2 Å². The molecule has 0 aliphatic carbocycles. The predicted molar refractivity (Wildman–Crippen MR) is 110 cm³/mol. The summed E-state index contributed by atoms with van der Waals surface area (Å²) in [6.45, 7) is 4.43. The van der Waals surface area contributed by atoms with Crippen LogP contribution in [0.3, 0.4) is 0 Å². The molecule has 0 spiro atoms. The lowest BCUT2D eigenvalue weighted by molar-refractivity contribution is -0.124. The molecule has 1 aliphatic rings. The van der Waals surface area contributed by atoms with E-state index in [4.69, 9.17) is 4.74 Å². The van der Waals surface area contributed by atoms with Gasteiger partial charge in [-0.2, -0.15) is 0 Å². The molecule has 1 aliphatic heterocycles. The number of rotatable bonds is 8. The Bertz CT molecular complexity index is 931. The predicted octanol–water partition coefficient (Wildman–Crippen LogP) is 2.80. The van der Waals surface area contributed by atoms with Crippen LogP contribution in [-0.4, -0.2) is 41.7 Å². The fourth-order valence-electron chi connectivity index (χ4n) is 3.08. The summed E-state index contributed by atoms with van der Waals surface area (Å²) < 4.78 is 5.03. The molecule has 0 bridgehead atoms. The Labute approximate surface area is 175 Å². The lowest BCUT2D eigenvalue weighted by Crippen LogP contribution is -2.30. The maximum atomic E-state index is 12.4. The van der Waals surface area contributed by atoms with Gasteiger partial charge in [0.1, 0.15) is 0 Å². The average Bonchev–Trinajstić information content (AvgIpc) is 2.97. The van der Waals surface area contributed by atoms with Crippen LogP contribution < -0.4 is 5.32 Å². The first kappa shape index (κ1) is 21.2. The molecule has 0 unspecified atom stereocenters. The number of hydrogen-bond donors (Lipinski definition) is 1. The molecule has 7 heteroatoms. The number of imide groups is 1. The van der Waals surface area contributed by atoms with Crippen molar-refractivity contribution in [1.82, 2.24) is 10.2 Å². The van der Waals surface area contributed by atoms with E-state index in [1.807, 2.05) is 0 Å². The van der Waals surface area contributed by atoms with Gasteiger partial charge in [-0.3, -0.25) is 19.3 Å². The SMILES string of the molecule is CC(C)CCNC(=O)COC(=O)c1ccc(CN2C(=O)c3ccccc3C2=O)cc1. The summed E-state index contributed by atoms with van der Waals surface area (Å²) >= 11 is 0. The molecule has 0 radical (unpaired) electrons. The molecule has 156 valence electrons. The molecule has 2 aromatic rings.